The summed E-state index contributed by atoms with van der Waals surface area (Å²) in [6, 6.07) is 0.194. The van der Waals surface area contributed by atoms with Gasteiger partial charge in [0.1, 0.15) is 10.8 Å². The van der Waals surface area contributed by atoms with E-state index in [0.717, 1.165) is 12.0 Å². The zero-order chi connectivity index (χ0) is 16.3. The van der Waals surface area contributed by atoms with E-state index < -0.39 is 5.60 Å². The van der Waals surface area contributed by atoms with Crippen molar-refractivity contribution in [1.29, 1.82) is 0 Å². The molecule has 122 valence electrons. The van der Waals surface area contributed by atoms with Crippen molar-refractivity contribution in [2.24, 2.45) is 0 Å². The minimum absolute atomic E-state index is 0.130. The highest BCUT2D eigenvalue weighted by atomic mass is 35.5. The number of carbonyl (C=O) groups is 1. The van der Waals surface area contributed by atoms with Gasteiger partial charge < -0.3 is 15.0 Å². The molecule has 0 radical (unpaired) electrons. The van der Waals surface area contributed by atoms with Crippen LogP contribution in [0.4, 0.5) is 4.79 Å². The maximum absolute atomic E-state index is 12.0. The average Bonchev–Trinajstić information content (AvgIpc) is 2.84. The van der Waals surface area contributed by atoms with Gasteiger partial charge in [-0.3, -0.25) is 0 Å². The number of aromatic nitrogens is 2. The molecule has 0 aromatic carbocycles. The number of hydrogen-bond donors (Lipinski definition) is 1. The molecule has 1 aliphatic rings. The van der Waals surface area contributed by atoms with Crippen LogP contribution < -0.4 is 5.32 Å². The van der Waals surface area contributed by atoms with Crippen LogP contribution in [0.15, 0.2) is 6.20 Å². The largest absolute Gasteiger partial charge is 0.444 e. The Hall–Kier alpha value is -1.11. The Balaban J connectivity index is 1.82. The summed E-state index contributed by atoms with van der Waals surface area (Å²) in [6.45, 7) is 7.40. The Morgan fingerprint density at radius 2 is 2.23 bits per heavy atom. The maximum atomic E-state index is 12.0. The molecule has 2 heterocycles. The third-order valence-corrected chi connectivity index (χ3v) is 3.71. The van der Waals surface area contributed by atoms with Crippen LogP contribution in [0, 0.1) is 0 Å². The van der Waals surface area contributed by atoms with Crippen molar-refractivity contribution in [1.82, 2.24) is 20.2 Å². The molecule has 1 saturated heterocycles. The molecule has 0 spiro atoms. The highest BCUT2D eigenvalue weighted by Crippen LogP contribution is 2.17. The quantitative estimate of drug-likeness (QED) is 0.673. The van der Waals surface area contributed by atoms with E-state index in [1.807, 2.05) is 20.8 Å². The Labute approximate surface area is 140 Å². The molecule has 1 fully saturated rings. The number of rotatable bonds is 3. The summed E-state index contributed by atoms with van der Waals surface area (Å²) in [6.07, 6.45) is 2.20. The van der Waals surface area contributed by atoms with E-state index in [9.17, 15) is 4.79 Å². The third kappa shape index (κ3) is 4.97. The van der Waals surface area contributed by atoms with Gasteiger partial charge >= 0.3 is 6.09 Å². The van der Waals surface area contributed by atoms with Crippen molar-refractivity contribution in [3.05, 3.63) is 22.2 Å². The van der Waals surface area contributed by atoms with Gasteiger partial charge in [-0.05, 0) is 38.8 Å². The first-order valence-electron chi connectivity index (χ1n) is 7.13. The van der Waals surface area contributed by atoms with Crippen LogP contribution in [0.25, 0.3) is 0 Å². The molecular formula is C14H20Cl2N4O2. The molecule has 1 atom stereocenters. The van der Waals surface area contributed by atoms with E-state index >= 15 is 0 Å². The SMILES string of the molecule is CC(C)(C)OC(=O)N1CC[C@@H](NCc2cnc(Cl)nc2Cl)C1. The zero-order valence-corrected chi connectivity index (χ0v) is 14.4. The van der Waals surface area contributed by atoms with Gasteiger partial charge in [0.15, 0.2) is 0 Å². The highest BCUT2D eigenvalue weighted by molar-refractivity contribution is 6.32. The Morgan fingerprint density at radius 1 is 1.50 bits per heavy atom. The Kier molecular flexibility index (Phi) is 5.47. The molecule has 0 aliphatic carbocycles. The second-order valence-corrected chi connectivity index (χ2v) is 6.94. The minimum atomic E-state index is -0.475. The molecule has 0 saturated carbocycles. The molecule has 1 amide bonds. The van der Waals surface area contributed by atoms with E-state index in [0.29, 0.717) is 24.8 Å². The molecule has 8 heteroatoms. The van der Waals surface area contributed by atoms with Crippen LogP contribution in [-0.2, 0) is 11.3 Å². The number of carbonyl (C=O) groups excluding carboxylic acids is 1. The fourth-order valence-electron chi connectivity index (χ4n) is 2.16. The molecule has 2 rings (SSSR count). The summed E-state index contributed by atoms with van der Waals surface area (Å²) < 4.78 is 5.37. The van der Waals surface area contributed by atoms with Gasteiger partial charge in [0.25, 0.3) is 0 Å². The fourth-order valence-corrected chi connectivity index (χ4v) is 2.53. The smallest absolute Gasteiger partial charge is 0.410 e. The van der Waals surface area contributed by atoms with Gasteiger partial charge in [0.2, 0.25) is 5.28 Å². The van der Waals surface area contributed by atoms with Gasteiger partial charge in [-0.1, -0.05) is 11.6 Å². The number of amides is 1. The molecule has 1 aliphatic heterocycles. The number of hydrogen-bond acceptors (Lipinski definition) is 5. The molecule has 22 heavy (non-hydrogen) atoms. The van der Waals surface area contributed by atoms with Crippen LogP contribution in [0.1, 0.15) is 32.8 Å². The molecule has 0 bridgehead atoms. The zero-order valence-electron chi connectivity index (χ0n) is 12.9. The lowest BCUT2D eigenvalue weighted by atomic mass is 10.2. The standard InChI is InChI=1S/C14H20Cl2N4O2/c1-14(2,3)22-13(21)20-5-4-10(8-20)17-6-9-7-18-12(16)19-11(9)15/h7,10,17H,4-6,8H2,1-3H3/t10-/m1/s1. The van der Waals surface area contributed by atoms with E-state index in [1.165, 1.54) is 0 Å². The van der Waals surface area contributed by atoms with Crippen LogP contribution in [0.5, 0.6) is 0 Å². The first kappa shape index (κ1) is 17.2. The second-order valence-electron chi connectivity index (χ2n) is 6.25. The second kappa shape index (κ2) is 6.98. The molecule has 1 aromatic heterocycles. The van der Waals surface area contributed by atoms with Crippen molar-refractivity contribution in [3.8, 4) is 0 Å². The van der Waals surface area contributed by atoms with E-state index in [2.05, 4.69) is 15.3 Å². The minimum Gasteiger partial charge on any atom is -0.444 e. The average molecular weight is 347 g/mol. The number of nitrogens with one attached hydrogen (secondary N) is 1. The lowest BCUT2D eigenvalue weighted by Gasteiger charge is -2.24. The Bertz CT molecular complexity index is 548. The van der Waals surface area contributed by atoms with Crippen molar-refractivity contribution in [3.63, 3.8) is 0 Å². The van der Waals surface area contributed by atoms with Crippen LogP contribution >= 0.6 is 23.2 Å². The van der Waals surface area contributed by atoms with Crippen molar-refractivity contribution in [2.45, 2.75) is 45.4 Å². The van der Waals surface area contributed by atoms with E-state index in [-0.39, 0.29) is 17.4 Å². The van der Waals surface area contributed by atoms with Gasteiger partial charge in [0.05, 0.1) is 0 Å². The van der Waals surface area contributed by atoms with E-state index in [4.69, 9.17) is 27.9 Å². The first-order chi connectivity index (χ1) is 10.2. The monoisotopic (exact) mass is 346 g/mol. The molecule has 0 unspecified atom stereocenters. The Morgan fingerprint density at radius 3 is 2.86 bits per heavy atom. The molecule has 1 aromatic rings. The number of ether oxygens (including phenoxy) is 1. The van der Waals surface area contributed by atoms with Crippen molar-refractivity contribution >= 4 is 29.3 Å². The summed E-state index contributed by atoms with van der Waals surface area (Å²) in [5.41, 5.74) is 0.304. The highest BCUT2D eigenvalue weighted by Gasteiger charge is 2.29. The topological polar surface area (TPSA) is 67.3 Å². The molecule has 6 nitrogen and oxygen atoms in total. The fraction of sp³-hybridized carbons (Fsp3) is 0.643. The predicted molar refractivity (Wildman–Crippen MR) is 85.1 cm³/mol. The summed E-state index contributed by atoms with van der Waals surface area (Å²) in [5, 5.41) is 3.82. The van der Waals surface area contributed by atoms with Crippen molar-refractivity contribution in [2.75, 3.05) is 13.1 Å². The number of likely N-dealkylation sites (tertiary alicyclic amines) is 1. The van der Waals surface area contributed by atoms with Crippen LogP contribution in [0.2, 0.25) is 10.4 Å². The summed E-state index contributed by atoms with van der Waals surface area (Å²) >= 11 is 11.7. The van der Waals surface area contributed by atoms with E-state index in [1.54, 1.807) is 11.1 Å². The summed E-state index contributed by atoms with van der Waals surface area (Å²) in [5.74, 6) is 0. The van der Waals surface area contributed by atoms with Crippen LogP contribution in [0.3, 0.4) is 0 Å². The molecular weight excluding hydrogens is 327 g/mol. The maximum Gasteiger partial charge on any atom is 0.410 e. The first-order valence-corrected chi connectivity index (χ1v) is 7.88. The predicted octanol–water partition coefficient (Wildman–Crippen LogP) is 2.88. The molecule has 1 N–H and O–H groups in total. The number of halogens is 2. The van der Waals surface area contributed by atoms with Gasteiger partial charge in [-0.2, -0.15) is 0 Å². The summed E-state index contributed by atoms with van der Waals surface area (Å²) in [4.78, 5) is 21.5. The lowest BCUT2D eigenvalue weighted by Crippen LogP contribution is -2.38. The summed E-state index contributed by atoms with van der Waals surface area (Å²) in [7, 11) is 0. The van der Waals surface area contributed by atoms with Crippen molar-refractivity contribution < 1.29 is 9.53 Å². The lowest BCUT2D eigenvalue weighted by molar-refractivity contribution is 0.0291. The van der Waals surface area contributed by atoms with Gasteiger partial charge in [0, 0.05) is 37.4 Å². The third-order valence-electron chi connectivity index (χ3n) is 3.20. The number of nitrogens with zero attached hydrogens (tertiary/aromatic N) is 3. The normalized spacial score (nSPS) is 18.6. The van der Waals surface area contributed by atoms with Gasteiger partial charge in [-0.15, -0.1) is 0 Å². The van der Waals surface area contributed by atoms with Gasteiger partial charge in [-0.25, -0.2) is 14.8 Å². The van der Waals surface area contributed by atoms with Crippen LogP contribution in [-0.4, -0.2) is 45.7 Å².